The van der Waals surface area contributed by atoms with Crippen molar-refractivity contribution in [1.29, 1.82) is 0 Å². The second kappa shape index (κ2) is 7.82. The normalized spacial score (nSPS) is 25.5. The minimum atomic E-state index is -3.47. The number of nitrogens with zero attached hydrogens (tertiary/aromatic N) is 3. The molecule has 154 valence electrons. The smallest absolute Gasteiger partial charge is 0.243 e. The molecule has 3 fully saturated rings. The van der Waals surface area contributed by atoms with Gasteiger partial charge < -0.3 is 0 Å². The lowest BCUT2D eigenvalue weighted by Gasteiger charge is -2.24. The van der Waals surface area contributed by atoms with Gasteiger partial charge in [0.25, 0.3) is 0 Å². The first-order chi connectivity index (χ1) is 14.1. The standard InChI is InChI=1S/C23H29N3O2S/c27-29(28,26-12-3-4-13-26)23-9-2-1-8-21(23)22-11-10-19(15-24-22)17-25-16-18-6-5-7-20(25)14-18/h1-2,8-11,15,18,20H,3-7,12-14,16-17H2/t18-,20+/m1/s1. The van der Waals surface area contributed by atoms with Crippen LogP contribution < -0.4 is 0 Å². The van der Waals surface area contributed by atoms with E-state index in [0.29, 0.717) is 23.5 Å². The second-order valence-corrected chi connectivity index (χ2v) is 10.7. The average molecular weight is 412 g/mol. The highest BCUT2D eigenvalue weighted by Gasteiger charge is 2.35. The SMILES string of the molecule is O=S(=O)(c1ccccc1-c1ccc(CN2C[C@@H]3CCC[C@H]2C3)cn1)N1CCCC1. The van der Waals surface area contributed by atoms with Gasteiger partial charge in [-0.2, -0.15) is 4.31 Å². The molecule has 1 aromatic carbocycles. The molecule has 3 aliphatic rings. The van der Waals surface area contributed by atoms with Gasteiger partial charge in [-0.25, -0.2) is 8.42 Å². The van der Waals surface area contributed by atoms with Gasteiger partial charge in [-0.3, -0.25) is 9.88 Å². The van der Waals surface area contributed by atoms with Gasteiger partial charge in [-0.15, -0.1) is 0 Å². The van der Waals surface area contributed by atoms with Crippen molar-refractivity contribution >= 4 is 10.0 Å². The zero-order valence-electron chi connectivity index (χ0n) is 16.8. The maximum atomic E-state index is 13.1. The fourth-order valence-corrected chi connectivity index (χ4v) is 7.04. The lowest BCUT2D eigenvalue weighted by Crippen LogP contribution is -2.28. The molecule has 2 atom stereocenters. The van der Waals surface area contributed by atoms with Crippen LogP contribution in [-0.2, 0) is 16.6 Å². The van der Waals surface area contributed by atoms with E-state index in [1.165, 1.54) is 37.8 Å². The van der Waals surface area contributed by atoms with Crippen LogP contribution in [0.3, 0.4) is 0 Å². The third kappa shape index (κ3) is 3.74. The summed E-state index contributed by atoms with van der Waals surface area (Å²) in [6, 6.07) is 12.1. The summed E-state index contributed by atoms with van der Waals surface area (Å²) in [4.78, 5) is 7.65. The van der Waals surface area contributed by atoms with Crippen molar-refractivity contribution in [3.05, 3.63) is 48.2 Å². The number of benzene rings is 1. The Morgan fingerprint density at radius 3 is 2.59 bits per heavy atom. The molecule has 2 aliphatic heterocycles. The first-order valence-electron chi connectivity index (χ1n) is 10.9. The number of sulfonamides is 1. The maximum absolute atomic E-state index is 13.1. The highest BCUT2D eigenvalue weighted by atomic mass is 32.2. The predicted octanol–water partition coefficient (Wildman–Crippen LogP) is 3.91. The Balaban J connectivity index is 1.38. The minimum absolute atomic E-state index is 0.371. The van der Waals surface area contributed by atoms with Crippen molar-refractivity contribution in [3.63, 3.8) is 0 Å². The molecule has 5 nitrogen and oxygen atoms in total. The Morgan fingerprint density at radius 2 is 1.83 bits per heavy atom. The Labute approximate surface area is 173 Å². The Hall–Kier alpha value is -1.76. The average Bonchev–Trinajstić information content (AvgIpc) is 3.38. The first-order valence-corrected chi connectivity index (χ1v) is 12.3. The lowest BCUT2D eigenvalue weighted by atomic mass is 9.90. The molecule has 0 unspecified atom stereocenters. The van der Waals surface area contributed by atoms with Gasteiger partial charge in [-0.1, -0.05) is 30.7 Å². The van der Waals surface area contributed by atoms with Crippen LogP contribution in [0.1, 0.15) is 44.1 Å². The van der Waals surface area contributed by atoms with Gasteiger partial charge in [0.15, 0.2) is 0 Å². The molecule has 1 saturated carbocycles. The van der Waals surface area contributed by atoms with E-state index < -0.39 is 10.0 Å². The molecule has 0 amide bonds. The Morgan fingerprint density at radius 1 is 1.00 bits per heavy atom. The van der Waals surface area contributed by atoms with E-state index in [0.717, 1.165) is 37.0 Å². The van der Waals surface area contributed by atoms with Crippen LogP contribution in [0.15, 0.2) is 47.5 Å². The van der Waals surface area contributed by atoms with E-state index in [2.05, 4.69) is 16.0 Å². The zero-order valence-corrected chi connectivity index (χ0v) is 17.7. The molecule has 29 heavy (non-hydrogen) atoms. The third-order valence-electron chi connectivity index (χ3n) is 6.82. The van der Waals surface area contributed by atoms with Gasteiger partial charge in [0.1, 0.15) is 0 Å². The first kappa shape index (κ1) is 19.2. The number of fused-ring (bicyclic) bond motifs is 2. The van der Waals surface area contributed by atoms with Gasteiger partial charge in [0.2, 0.25) is 10.0 Å². The highest BCUT2D eigenvalue weighted by Crippen LogP contribution is 2.36. The van der Waals surface area contributed by atoms with Crippen LogP contribution in [0.25, 0.3) is 11.3 Å². The molecule has 1 aliphatic carbocycles. The van der Waals surface area contributed by atoms with E-state index in [4.69, 9.17) is 0 Å². The predicted molar refractivity (Wildman–Crippen MR) is 114 cm³/mol. The molecule has 5 rings (SSSR count). The van der Waals surface area contributed by atoms with E-state index in [1.807, 2.05) is 24.4 Å². The van der Waals surface area contributed by atoms with Gasteiger partial charge >= 0.3 is 0 Å². The summed E-state index contributed by atoms with van der Waals surface area (Å²) in [5, 5.41) is 0. The molecule has 0 radical (unpaired) electrons. The van der Waals surface area contributed by atoms with E-state index in [-0.39, 0.29) is 0 Å². The maximum Gasteiger partial charge on any atom is 0.243 e. The number of hydrogen-bond acceptors (Lipinski definition) is 4. The number of likely N-dealkylation sites (tertiary alicyclic amines) is 1. The zero-order chi connectivity index (χ0) is 19.8. The topological polar surface area (TPSA) is 53.5 Å². The monoisotopic (exact) mass is 411 g/mol. The van der Waals surface area contributed by atoms with Crippen LogP contribution >= 0.6 is 0 Å². The summed E-state index contributed by atoms with van der Waals surface area (Å²) < 4.78 is 27.8. The van der Waals surface area contributed by atoms with Crippen LogP contribution in [0.4, 0.5) is 0 Å². The van der Waals surface area contributed by atoms with E-state index in [1.54, 1.807) is 16.4 Å². The van der Waals surface area contributed by atoms with Crippen LogP contribution in [0, 0.1) is 5.92 Å². The fraction of sp³-hybridized carbons (Fsp3) is 0.522. The van der Waals surface area contributed by atoms with Crippen molar-refractivity contribution in [2.24, 2.45) is 5.92 Å². The Bertz CT molecular complexity index is 968. The molecule has 2 bridgehead atoms. The molecule has 1 aromatic heterocycles. The summed E-state index contributed by atoms with van der Waals surface area (Å²) in [6.45, 7) is 3.38. The molecule has 0 N–H and O–H groups in total. The Kier molecular flexibility index (Phi) is 5.18. The quantitative estimate of drug-likeness (QED) is 0.749. The van der Waals surface area contributed by atoms with Crippen LogP contribution in [0.5, 0.6) is 0 Å². The van der Waals surface area contributed by atoms with Crippen molar-refractivity contribution in [2.45, 2.75) is 56.0 Å². The lowest BCUT2D eigenvalue weighted by molar-refractivity contribution is 0.236. The van der Waals surface area contributed by atoms with Crippen LogP contribution in [-0.4, -0.2) is 48.3 Å². The highest BCUT2D eigenvalue weighted by molar-refractivity contribution is 7.89. The number of hydrogen-bond donors (Lipinski definition) is 0. The van der Waals surface area contributed by atoms with Crippen molar-refractivity contribution in [2.75, 3.05) is 19.6 Å². The summed E-state index contributed by atoms with van der Waals surface area (Å²) in [5.74, 6) is 0.878. The molecule has 3 heterocycles. The minimum Gasteiger partial charge on any atom is -0.296 e. The summed E-state index contributed by atoms with van der Waals surface area (Å²) in [7, 11) is -3.47. The van der Waals surface area contributed by atoms with E-state index in [9.17, 15) is 8.42 Å². The van der Waals surface area contributed by atoms with Gasteiger partial charge in [0, 0.05) is 44.0 Å². The molecular formula is C23H29N3O2S. The summed E-state index contributed by atoms with van der Waals surface area (Å²) in [5.41, 5.74) is 2.64. The van der Waals surface area contributed by atoms with Crippen LogP contribution in [0.2, 0.25) is 0 Å². The number of pyridine rings is 1. The summed E-state index contributed by atoms with van der Waals surface area (Å²) >= 11 is 0. The molecule has 2 saturated heterocycles. The molecule has 2 aromatic rings. The fourth-order valence-electron chi connectivity index (χ4n) is 5.32. The molecule has 6 heteroatoms. The largest absolute Gasteiger partial charge is 0.296 e. The third-order valence-corrected chi connectivity index (χ3v) is 8.78. The second-order valence-electron chi connectivity index (χ2n) is 8.77. The summed E-state index contributed by atoms with van der Waals surface area (Å²) in [6.07, 6.45) is 9.23. The van der Waals surface area contributed by atoms with Crippen molar-refractivity contribution in [1.82, 2.24) is 14.2 Å². The van der Waals surface area contributed by atoms with Gasteiger partial charge in [-0.05, 0) is 55.7 Å². The van der Waals surface area contributed by atoms with Crippen molar-refractivity contribution < 1.29 is 8.42 Å². The van der Waals surface area contributed by atoms with E-state index >= 15 is 0 Å². The van der Waals surface area contributed by atoms with Crippen molar-refractivity contribution in [3.8, 4) is 11.3 Å². The number of rotatable bonds is 5. The molecule has 0 spiro atoms. The van der Waals surface area contributed by atoms with Gasteiger partial charge in [0.05, 0.1) is 10.6 Å². The molecular weight excluding hydrogens is 382 g/mol. The number of aromatic nitrogens is 1.